The fourth-order valence-electron chi connectivity index (χ4n) is 3.43. The van der Waals surface area contributed by atoms with E-state index in [1.165, 1.54) is 4.57 Å². The van der Waals surface area contributed by atoms with Crippen LogP contribution in [0.25, 0.3) is 11.2 Å². The molecule has 126 valence electrons. The van der Waals surface area contributed by atoms with Gasteiger partial charge >= 0.3 is 5.69 Å². The Bertz CT molecular complexity index is 817. The minimum absolute atomic E-state index is 0.126. The third-order valence-corrected chi connectivity index (χ3v) is 4.57. The number of nitrogens with zero attached hydrogens (tertiary/aromatic N) is 3. The van der Waals surface area contributed by atoms with Gasteiger partial charge in [0.05, 0.1) is 6.10 Å². The van der Waals surface area contributed by atoms with Crippen molar-refractivity contribution < 1.29 is 5.11 Å². The van der Waals surface area contributed by atoms with E-state index in [9.17, 15) is 14.7 Å². The number of aliphatic hydroxyl groups is 1. The summed E-state index contributed by atoms with van der Waals surface area (Å²) in [5, 5.41) is 9.72. The maximum atomic E-state index is 12.6. The average Bonchev–Trinajstić information content (AvgIpc) is 3.14. The Balaban J connectivity index is 2.19. The number of aliphatic hydroxyl groups excluding tert-OH is 1. The van der Waals surface area contributed by atoms with Crippen LogP contribution < -0.4 is 11.2 Å². The van der Waals surface area contributed by atoms with E-state index >= 15 is 0 Å². The molecule has 0 saturated heterocycles. The van der Waals surface area contributed by atoms with Crippen molar-refractivity contribution in [1.29, 1.82) is 0 Å². The third kappa shape index (κ3) is 2.73. The lowest BCUT2D eigenvalue weighted by molar-refractivity contribution is 0.181. The van der Waals surface area contributed by atoms with E-state index in [0.717, 1.165) is 25.7 Å². The zero-order valence-corrected chi connectivity index (χ0v) is 13.7. The molecule has 1 aliphatic rings. The van der Waals surface area contributed by atoms with Crippen molar-refractivity contribution in [2.75, 3.05) is 0 Å². The van der Waals surface area contributed by atoms with Crippen LogP contribution in [0, 0.1) is 0 Å². The number of nitrogens with one attached hydrogen (secondary N) is 1. The van der Waals surface area contributed by atoms with Crippen LogP contribution in [0.4, 0.5) is 0 Å². The van der Waals surface area contributed by atoms with Crippen molar-refractivity contribution >= 4 is 11.2 Å². The van der Waals surface area contributed by atoms with Crippen LogP contribution in [0.5, 0.6) is 0 Å². The zero-order chi connectivity index (χ0) is 16.6. The summed E-state index contributed by atoms with van der Waals surface area (Å²) in [4.78, 5) is 32.9. The van der Waals surface area contributed by atoms with Crippen LogP contribution in [-0.2, 0) is 13.1 Å². The molecule has 0 unspecified atom stereocenters. The molecule has 1 saturated carbocycles. The van der Waals surface area contributed by atoms with Gasteiger partial charge in [-0.3, -0.25) is 13.9 Å². The van der Waals surface area contributed by atoms with Gasteiger partial charge in [0.1, 0.15) is 11.3 Å². The molecule has 0 aliphatic heterocycles. The number of fused-ring (bicyclic) bond motifs is 1. The Morgan fingerprint density at radius 2 is 1.87 bits per heavy atom. The molecule has 7 heteroatoms. The number of H-pyrrole nitrogens is 1. The van der Waals surface area contributed by atoms with Crippen LogP contribution in [0.15, 0.2) is 9.59 Å². The first kappa shape index (κ1) is 16.0. The van der Waals surface area contributed by atoms with E-state index in [1.54, 1.807) is 4.57 Å². The lowest BCUT2D eigenvalue weighted by Gasteiger charge is -2.09. The van der Waals surface area contributed by atoms with E-state index in [2.05, 4.69) is 9.97 Å². The van der Waals surface area contributed by atoms with Gasteiger partial charge in [0.2, 0.25) is 0 Å². The predicted molar refractivity (Wildman–Crippen MR) is 87.8 cm³/mol. The summed E-state index contributed by atoms with van der Waals surface area (Å²) >= 11 is 0. The molecule has 2 atom stereocenters. The molecule has 0 bridgehead atoms. The highest BCUT2D eigenvalue weighted by atomic mass is 16.3. The number of hydrogen-bond acceptors (Lipinski definition) is 4. The smallest absolute Gasteiger partial charge is 0.332 e. The Labute approximate surface area is 134 Å². The fraction of sp³-hybridized carbons (Fsp3) is 0.688. The van der Waals surface area contributed by atoms with E-state index in [4.69, 9.17) is 0 Å². The molecule has 2 N–H and O–H groups in total. The van der Waals surface area contributed by atoms with Gasteiger partial charge in [-0.1, -0.05) is 13.8 Å². The first-order chi connectivity index (χ1) is 11.1. The maximum Gasteiger partial charge on any atom is 0.332 e. The minimum atomic E-state index is -0.303. The number of aromatic nitrogens is 4. The van der Waals surface area contributed by atoms with Crippen molar-refractivity contribution in [2.24, 2.45) is 0 Å². The van der Waals surface area contributed by atoms with Crippen molar-refractivity contribution in [2.45, 2.75) is 71.1 Å². The van der Waals surface area contributed by atoms with E-state index in [0.29, 0.717) is 36.5 Å². The standard InChI is InChI=1S/C16H24N4O3/c1-3-7-19-14-12(15(22)20(8-4-2)16(19)23)17-13(18-14)10-5-6-11(21)9-10/h10-11,21H,3-9H2,1-2H3,(H,17,18)/t10-,11+/m0/s1. The summed E-state index contributed by atoms with van der Waals surface area (Å²) in [6, 6.07) is 0. The maximum absolute atomic E-state index is 12.6. The van der Waals surface area contributed by atoms with Crippen molar-refractivity contribution in [3.8, 4) is 0 Å². The Hall–Kier alpha value is -1.89. The van der Waals surface area contributed by atoms with Gasteiger partial charge in [-0.05, 0) is 32.1 Å². The van der Waals surface area contributed by atoms with Crippen LogP contribution in [0.1, 0.15) is 57.7 Å². The number of rotatable bonds is 5. The van der Waals surface area contributed by atoms with E-state index in [-0.39, 0.29) is 23.3 Å². The Morgan fingerprint density at radius 1 is 1.17 bits per heavy atom. The molecule has 1 aliphatic carbocycles. The Kier molecular flexibility index (Phi) is 4.39. The molecule has 1 fully saturated rings. The normalized spacial score (nSPS) is 21.3. The molecule has 2 aromatic heterocycles. The predicted octanol–water partition coefficient (Wildman–Crippen LogP) is 1.33. The third-order valence-electron chi connectivity index (χ3n) is 4.57. The van der Waals surface area contributed by atoms with Crippen LogP contribution in [0.3, 0.4) is 0 Å². The van der Waals surface area contributed by atoms with Gasteiger partial charge in [0.25, 0.3) is 5.56 Å². The second kappa shape index (κ2) is 6.31. The van der Waals surface area contributed by atoms with E-state index in [1.807, 2.05) is 13.8 Å². The highest BCUT2D eigenvalue weighted by molar-refractivity contribution is 5.70. The summed E-state index contributed by atoms with van der Waals surface area (Å²) in [6.45, 7) is 4.89. The van der Waals surface area contributed by atoms with Crippen molar-refractivity contribution in [3.63, 3.8) is 0 Å². The second-order valence-corrected chi connectivity index (χ2v) is 6.38. The van der Waals surface area contributed by atoms with Gasteiger partial charge in [-0.2, -0.15) is 0 Å². The molecule has 0 amide bonds. The van der Waals surface area contributed by atoms with Gasteiger partial charge in [0.15, 0.2) is 5.65 Å². The van der Waals surface area contributed by atoms with Crippen LogP contribution in [-0.4, -0.2) is 30.3 Å². The largest absolute Gasteiger partial charge is 0.393 e. The SMILES string of the molecule is CCCn1c(=O)c2[nH]c([C@H]3CC[C@@H](O)C3)nc2n(CCC)c1=O. The first-order valence-corrected chi connectivity index (χ1v) is 8.48. The summed E-state index contributed by atoms with van der Waals surface area (Å²) in [5.74, 6) is 0.841. The topological polar surface area (TPSA) is 92.9 Å². The Morgan fingerprint density at radius 3 is 2.48 bits per heavy atom. The van der Waals surface area contributed by atoms with Gasteiger partial charge in [-0.15, -0.1) is 0 Å². The first-order valence-electron chi connectivity index (χ1n) is 8.48. The molecule has 23 heavy (non-hydrogen) atoms. The summed E-state index contributed by atoms with van der Waals surface area (Å²) in [7, 11) is 0. The molecule has 2 heterocycles. The number of hydrogen-bond donors (Lipinski definition) is 2. The lowest BCUT2D eigenvalue weighted by atomic mass is 10.1. The number of aryl methyl sites for hydroxylation is 1. The van der Waals surface area contributed by atoms with Crippen LogP contribution >= 0.6 is 0 Å². The molecule has 0 aromatic carbocycles. The summed E-state index contributed by atoms with van der Waals surface area (Å²) < 4.78 is 2.89. The lowest BCUT2D eigenvalue weighted by Crippen LogP contribution is -2.40. The summed E-state index contributed by atoms with van der Waals surface area (Å²) in [5.41, 5.74) is 0.278. The molecule has 3 rings (SSSR count). The minimum Gasteiger partial charge on any atom is -0.393 e. The number of aromatic amines is 1. The summed E-state index contributed by atoms with van der Waals surface area (Å²) in [6.07, 6.45) is 3.47. The second-order valence-electron chi connectivity index (χ2n) is 6.38. The fourth-order valence-corrected chi connectivity index (χ4v) is 3.43. The molecule has 2 aromatic rings. The van der Waals surface area contributed by atoms with Crippen LogP contribution in [0.2, 0.25) is 0 Å². The van der Waals surface area contributed by atoms with E-state index < -0.39 is 0 Å². The monoisotopic (exact) mass is 320 g/mol. The molecular weight excluding hydrogens is 296 g/mol. The molecule has 0 spiro atoms. The van der Waals surface area contributed by atoms with Gasteiger partial charge < -0.3 is 10.1 Å². The van der Waals surface area contributed by atoms with Crippen molar-refractivity contribution in [3.05, 3.63) is 26.7 Å². The quantitative estimate of drug-likeness (QED) is 0.869. The number of imidazole rings is 1. The zero-order valence-electron chi connectivity index (χ0n) is 13.7. The molecule has 7 nitrogen and oxygen atoms in total. The highest BCUT2D eigenvalue weighted by Crippen LogP contribution is 2.33. The molecular formula is C16H24N4O3. The van der Waals surface area contributed by atoms with Gasteiger partial charge in [0, 0.05) is 19.0 Å². The van der Waals surface area contributed by atoms with Gasteiger partial charge in [-0.25, -0.2) is 9.78 Å². The highest BCUT2D eigenvalue weighted by Gasteiger charge is 2.28. The van der Waals surface area contributed by atoms with Crippen molar-refractivity contribution in [1.82, 2.24) is 19.1 Å². The molecule has 0 radical (unpaired) electrons. The average molecular weight is 320 g/mol.